The number of para-hydroxylation sites is 2. The summed E-state index contributed by atoms with van der Waals surface area (Å²) in [5.74, 6) is 0.495. The van der Waals surface area contributed by atoms with Crippen LogP contribution in [0.15, 0.2) is 77.1 Å². The van der Waals surface area contributed by atoms with Crippen molar-refractivity contribution in [3.63, 3.8) is 0 Å². The number of thiophene rings is 1. The summed E-state index contributed by atoms with van der Waals surface area (Å²) < 4.78 is 29.0. The number of nitrogens with zero attached hydrogens (tertiary/aromatic N) is 2. The van der Waals surface area contributed by atoms with Crippen molar-refractivity contribution < 1.29 is 23.4 Å². The molecule has 3 N–H and O–H groups in total. The van der Waals surface area contributed by atoms with Gasteiger partial charge >= 0.3 is 6.16 Å². The highest BCUT2D eigenvalue weighted by Crippen LogP contribution is 2.48. The van der Waals surface area contributed by atoms with Gasteiger partial charge in [-0.05, 0) is 35.7 Å². The van der Waals surface area contributed by atoms with Gasteiger partial charge in [0.05, 0.1) is 27.8 Å². The first-order chi connectivity index (χ1) is 15.8. The number of benzene rings is 2. The van der Waals surface area contributed by atoms with Crippen LogP contribution in [0.3, 0.4) is 0 Å². The van der Waals surface area contributed by atoms with Gasteiger partial charge in [-0.15, -0.1) is 11.3 Å². The third-order valence-electron chi connectivity index (χ3n) is 5.40. The zero-order valence-electron chi connectivity index (χ0n) is 17.5. The molecule has 0 spiro atoms. The van der Waals surface area contributed by atoms with E-state index in [1.54, 1.807) is 18.3 Å². The number of sulfonamides is 1. The second-order valence-electron chi connectivity index (χ2n) is 7.59. The van der Waals surface area contributed by atoms with E-state index in [1.165, 1.54) is 16.9 Å². The van der Waals surface area contributed by atoms with Crippen molar-refractivity contribution in [2.24, 2.45) is 5.92 Å². The topological polar surface area (TPSA) is 129 Å². The van der Waals surface area contributed by atoms with Gasteiger partial charge < -0.3 is 10.2 Å². The Morgan fingerprint density at radius 1 is 0.970 bits per heavy atom. The average molecular weight is 484 g/mol. The van der Waals surface area contributed by atoms with E-state index in [-0.39, 0.29) is 17.9 Å². The van der Waals surface area contributed by atoms with Crippen molar-refractivity contribution >= 4 is 38.5 Å². The minimum atomic E-state index is -3.58. The van der Waals surface area contributed by atoms with Crippen LogP contribution in [0.25, 0.3) is 21.6 Å². The molecule has 0 unspecified atom stereocenters. The number of carbonyl (C=O) groups is 1. The van der Waals surface area contributed by atoms with Crippen LogP contribution in [-0.2, 0) is 10.0 Å². The Morgan fingerprint density at radius 3 is 2.30 bits per heavy atom. The predicted molar refractivity (Wildman–Crippen MR) is 126 cm³/mol. The Hall–Kier alpha value is -3.34. The van der Waals surface area contributed by atoms with Crippen molar-refractivity contribution in [3.8, 4) is 10.6 Å². The van der Waals surface area contributed by atoms with Gasteiger partial charge in [-0.2, -0.15) is 0 Å². The summed E-state index contributed by atoms with van der Waals surface area (Å²) in [6, 6.07) is 21.0. The minimum absolute atomic E-state index is 0.0755. The molecule has 0 amide bonds. The molecule has 2 aromatic carbocycles. The van der Waals surface area contributed by atoms with Crippen molar-refractivity contribution in [3.05, 3.63) is 78.5 Å². The highest BCUT2D eigenvalue weighted by atomic mass is 32.2. The Morgan fingerprint density at radius 2 is 1.61 bits per heavy atom. The molecule has 4 aromatic rings. The molecule has 33 heavy (non-hydrogen) atoms. The van der Waals surface area contributed by atoms with E-state index in [0.717, 1.165) is 15.9 Å². The molecule has 1 saturated carbocycles. The van der Waals surface area contributed by atoms with E-state index < -0.39 is 16.2 Å². The molecule has 1 aliphatic carbocycles. The van der Waals surface area contributed by atoms with Crippen molar-refractivity contribution in [2.75, 3.05) is 0 Å². The molecule has 2 aromatic heterocycles. The largest absolute Gasteiger partial charge is 0.503 e. The minimum Gasteiger partial charge on any atom is -0.450 e. The van der Waals surface area contributed by atoms with Crippen molar-refractivity contribution in [1.82, 2.24) is 14.7 Å². The van der Waals surface area contributed by atoms with Crippen LogP contribution in [0.5, 0.6) is 0 Å². The maximum Gasteiger partial charge on any atom is 0.503 e. The van der Waals surface area contributed by atoms with Crippen LogP contribution < -0.4 is 4.72 Å². The molecule has 0 radical (unpaired) electrons. The van der Waals surface area contributed by atoms with Crippen LogP contribution >= 0.6 is 11.3 Å². The molecule has 1 fully saturated rings. The van der Waals surface area contributed by atoms with Gasteiger partial charge in [-0.1, -0.05) is 49.4 Å². The first kappa shape index (κ1) is 22.8. The van der Waals surface area contributed by atoms with Gasteiger partial charge in [0.2, 0.25) is 10.0 Å². The SMILES string of the molecule is C[C@H]1[C@H](NS(=O)(=O)c2ccc(-c3cnc4ccccc4n3)s2)[C@H]1c1ccccc1.O=C(O)O. The normalized spacial score (nSPS) is 19.5. The second kappa shape index (κ2) is 9.26. The van der Waals surface area contributed by atoms with E-state index in [4.69, 9.17) is 15.0 Å². The molecule has 0 saturated heterocycles. The third-order valence-corrected chi connectivity index (χ3v) is 8.46. The van der Waals surface area contributed by atoms with Crippen LogP contribution in [0.1, 0.15) is 18.4 Å². The third kappa shape index (κ3) is 5.19. The molecule has 1 aliphatic rings. The first-order valence-corrected chi connectivity index (χ1v) is 12.4. The number of hydrogen-bond donors (Lipinski definition) is 3. The smallest absolute Gasteiger partial charge is 0.450 e. The average Bonchev–Trinajstić information content (AvgIpc) is 3.18. The molecule has 0 aliphatic heterocycles. The van der Waals surface area contributed by atoms with Crippen LogP contribution in [0.4, 0.5) is 4.79 Å². The van der Waals surface area contributed by atoms with Gasteiger partial charge in [-0.25, -0.2) is 22.9 Å². The molecule has 2 heterocycles. The summed E-state index contributed by atoms with van der Waals surface area (Å²) in [4.78, 5) is 18.4. The number of rotatable bonds is 5. The molecular weight excluding hydrogens is 462 g/mol. The van der Waals surface area contributed by atoms with Gasteiger partial charge in [0.25, 0.3) is 0 Å². The summed E-state index contributed by atoms with van der Waals surface area (Å²) >= 11 is 1.22. The monoisotopic (exact) mass is 483 g/mol. The number of carboxylic acid groups (broad SMARTS) is 2. The predicted octanol–water partition coefficient (Wildman–Crippen LogP) is 4.66. The van der Waals surface area contributed by atoms with E-state index in [9.17, 15) is 8.42 Å². The lowest BCUT2D eigenvalue weighted by molar-refractivity contribution is 0.137. The molecule has 5 rings (SSSR count). The summed E-state index contributed by atoms with van der Waals surface area (Å²) in [6.45, 7) is 2.08. The Balaban J connectivity index is 0.000000601. The first-order valence-electron chi connectivity index (χ1n) is 10.1. The fraction of sp³-hybridized carbons (Fsp3) is 0.174. The molecule has 0 bridgehead atoms. The summed E-state index contributed by atoms with van der Waals surface area (Å²) in [5.41, 5.74) is 3.46. The van der Waals surface area contributed by atoms with Gasteiger partial charge in [-0.3, -0.25) is 4.98 Å². The summed E-state index contributed by atoms with van der Waals surface area (Å²) in [6.07, 6.45) is -0.146. The van der Waals surface area contributed by atoms with Gasteiger partial charge in [0.1, 0.15) is 4.21 Å². The maximum absolute atomic E-state index is 12.9. The highest BCUT2D eigenvalue weighted by molar-refractivity contribution is 7.91. The molecule has 8 nitrogen and oxygen atoms in total. The summed E-state index contributed by atoms with van der Waals surface area (Å²) in [5, 5.41) is 13.9. The summed E-state index contributed by atoms with van der Waals surface area (Å²) in [7, 11) is -3.58. The molecule has 3 atom stereocenters. The van der Waals surface area contributed by atoms with Crippen LogP contribution in [-0.4, -0.2) is 40.8 Å². The Bertz CT molecular complexity index is 1390. The second-order valence-corrected chi connectivity index (χ2v) is 10.6. The lowest BCUT2D eigenvalue weighted by atomic mass is 10.1. The highest BCUT2D eigenvalue weighted by Gasteiger charge is 2.49. The van der Waals surface area contributed by atoms with Gasteiger partial charge in [0, 0.05) is 12.0 Å². The lowest BCUT2D eigenvalue weighted by Crippen LogP contribution is -2.27. The maximum atomic E-state index is 12.9. The van der Waals surface area contributed by atoms with E-state index in [2.05, 4.69) is 33.7 Å². The lowest BCUT2D eigenvalue weighted by Gasteiger charge is -2.04. The number of nitrogens with one attached hydrogen (secondary N) is 1. The van der Waals surface area contributed by atoms with Crippen LogP contribution in [0.2, 0.25) is 0 Å². The van der Waals surface area contributed by atoms with Crippen molar-refractivity contribution in [1.29, 1.82) is 0 Å². The molecule has 170 valence electrons. The van der Waals surface area contributed by atoms with E-state index in [0.29, 0.717) is 9.90 Å². The molecule has 10 heteroatoms. The molecular formula is C23H21N3O5S2. The Labute approximate surface area is 194 Å². The van der Waals surface area contributed by atoms with Crippen LogP contribution in [0, 0.1) is 5.92 Å². The van der Waals surface area contributed by atoms with E-state index in [1.807, 2.05) is 42.5 Å². The number of aromatic nitrogens is 2. The number of hydrogen-bond acceptors (Lipinski definition) is 6. The van der Waals surface area contributed by atoms with Gasteiger partial charge in [0.15, 0.2) is 0 Å². The van der Waals surface area contributed by atoms with Crippen molar-refractivity contribution in [2.45, 2.75) is 23.1 Å². The Kier molecular flexibility index (Phi) is 6.41. The zero-order chi connectivity index (χ0) is 23.6. The zero-order valence-corrected chi connectivity index (χ0v) is 19.1. The standard InChI is InChI=1S/C22H19N3O2S2.CH2O3/c1-14-21(15-7-3-2-4-8-15)22(14)25-29(26,27)20-12-11-19(28-20)18-13-23-16-9-5-6-10-17(16)24-18;2-1(3)4/h2-14,21-22,25H,1H3;(H2,2,3,4)/t14-,21-,22+;/m1./s1. The quantitative estimate of drug-likeness (QED) is 0.376. The number of fused-ring (bicyclic) bond motifs is 1. The van der Waals surface area contributed by atoms with E-state index >= 15 is 0 Å². The fourth-order valence-corrected chi connectivity index (χ4v) is 6.37. The fourth-order valence-electron chi connectivity index (χ4n) is 3.74.